The molecule has 1 atom stereocenters. The van der Waals surface area contributed by atoms with Crippen molar-refractivity contribution in [2.75, 3.05) is 6.54 Å². The second-order valence-corrected chi connectivity index (χ2v) is 6.41. The molecule has 1 aliphatic heterocycles. The normalized spacial score (nSPS) is 19.8. The van der Waals surface area contributed by atoms with E-state index in [-0.39, 0.29) is 31.6 Å². The fraction of sp³-hybridized carbons (Fsp3) is 0.316. The molecule has 8 heteroatoms. The molecule has 0 radical (unpaired) electrons. The van der Waals surface area contributed by atoms with Crippen LogP contribution in [0.1, 0.15) is 24.1 Å². The van der Waals surface area contributed by atoms with Gasteiger partial charge in [0.15, 0.2) is 11.6 Å². The summed E-state index contributed by atoms with van der Waals surface area (Å²) in [5, 5.41) is 13.2. The first-order chi connectivity index (χ1) is 12.9. The van der Waals surface area contributed by atoms with E-state index in [4.69, 9.17) is 0 Å². The molecule has 2 heterocycles. The Hall–Kier alpha value is -2.87. The van der Waals surface area contributed by atoms with Gasteiger partial charge in [-0.1, -0.05) is 18.2 Å². The second kappa shape index (κ2) is 7.79. The molecule has 0 bridgehead atoms. The zero-order chi connectivity index (χ0) is 19.4. The maximum Gasteiger partial charge on any atom is 0.264 e. The van der Waals surface area contributed by atoms with Crippen LogP contribution in [0.4, 0.5) is 8.78 Å². The second-order valence-electron chi connectivity index (χ2n) is 6.41. The lowest BCUT2D eigenvalue weighted by molar-refractivity contribution is -0.166. The number of nitrogens with zero attached hydrogens (tertiary/aromatic N) is 2. The van der Waals surface area contributed by atoms with Gasteiger partial charge in [-0.15, -0.1) is 0 Å². The van der Waals surface area contributed by atoms with Crippen LogP contribution in [0.25, 0.3) is 0 Å². The summed E-state index contributed by atoms with van der Waals surface area (Å²) >= 11 is 0. The first kappa shape index (κ1) is 18.9. The fourth-order valence-corrected chi connectivity index (χ4v) is 3.05. The first-order valence-electron chi connectivity index (χ1n) is 8.54. The van der Waals surface area contributed by atoms with E-state index in [0.717, 1.165) is 6.07 Å². The highest BCUT2D eigenvalue weighted by atomic mass is 19.2. The van der Waals surface area contributed by atoms with Crippen molar-refractivity contribution in [3.63, 3.8) is 0 Å². The molecule has 142 valence electrons. The highest BCUT2D eigenvalue weighted by Crippen LogP contribution is 2.25. The summed E-state index contributed by atoms with van der Waals surface area (Å²) in [6.45, 7) is 0.0800. The lowest BCUT2D eigenvalue weighted by Crippen LogP contribution is -2.60. The molecule has 1 aliphatic rings. The molecule has 0 saturated carbocycles. The standard InChI is InChI=1S/C19H19F2N3O3/c20-15-7-3-5-13(16(15)21)12-24-10-4-8-19(27,18(24)26)17(25)23-11-14-6-1-2-9-22-14/h1-3,5-7,9,27H,4,8,10-12H2,(H,23,25). The Kier molecular flexibility index (Phi) is 5.46. The van der Waals surface area contributed by atoms with Crippen molar-refractivity contribution in [2.45, 2.75) is 31.5 Å². The maximum atomic E-state index is 13.9. The monoisotopic (exact) mass is 375 g/mol. The summed E-state index contributed by atoms with van der Waals surface area (Å²) in [7, 11) is 0. The van der Waals surface area contributed by atoms with Crippen LogP contribution in [0.2, 0.25) is 0 Å². The number of aliphatic hydroxyl groups is 1. The van der Waals surface area contributed by atoms with Crippen molar-refractivity contribution >= 4 is 11.8 Å². The van der Waals surface area contributed by atoms with Crippen molar-refractivity contribution in [1.82, 2.24) is 15.2 Å². The minimum absolute atomic E-state index is 0.0125. The van der Waals surface area contributed by atoms with Gasteiger partial charge in [0.1, 0.15) is 0 Å². The summed E-state index contributed by atoms with van der Waals surface area (Å²) in [6.07, 6.45) is 1.88. The molecule has 6 nitrogen and oxygen atoms in total. The number of hydrogen-bond donors (Lipinski definition) is 2. The van der Waals surface area contributed by atoms with Gasteiger partial charge in [-0.3, -0.25) is 14.6 Å². The van der Waals surface area contributed by atoms with Crippen LogP contribution >= 0.6 is 0 Å². The van der Waals surface area contributed by atoms with Crippen LogP contribution in [0.5, 0.6) is 0 Å². The van der Waals surface area contributed by atoms with E-state index in [1.807, 2.05) is 0 Å². The molecule has 1 aromatic heterocycles. The predicted octanol–water partition coefficient (Wildman–Crippen LogP) is 1.53. The van der Waals surface area contributed by atoms with E-state index < -0.39 is 29.0 Å². The maximum absolute atomic E-state index is 13.9. The number of piperidine rings is 1. The Morgan fingerprint density at radius 1 is 1.26 bits per heavy atom. The van der Waals surface area contributed by atoms with E-state index in [1.165, 1.54) is 17.0 Å². The van der Waals surface area contributed by atoms with Crippen LogP contribution in [0, 0.1) is 11.6 Å². The van der Waals surface area contributed by atoms with Gasteiger partial charge >= 0.3 is 0 Å². The van der Waals surface area contributed by atoms with Crippen LogP contribution in [-0.2, 0) is 22.7 Å². The van der Waals surface area contributed by atoms with Gasteiger partial charge in [0.25, 0.3) is 11.8 Å². The molecule has 2 aromatic rings. The number of aromatic nitrogens is 1. The van der Waals surface area contributed by atoms with Crippen molar-refractivity contribution in [2.24, 2.45) is 0 Å². The largest absolute Gasteiger partial charge is 0.372 e. The number of carbonyl (C=O) groups is 2. The summed E-state index contributed by atoms with van der Waals surface area (Å²) in [4.78, 5) is 30.4. The number of likely N-dealkylation sites (tertiary alicyclic amines) is 1. The van der Waals surface area contributed by atoms with E-state index in [1.54, 1.807) is 24.4 Å². The summed E-state index contributed by atoms with van der Waals surface area (Å²) in [6, 6.07) is 8.87. The van der Waals surface area contributed by atoms with Crippen molar-refractivity contribution in [3.8, 4) is 0 Å². The van der Waals surface area contributed by atoms with Gasteiger partial charge in [-0.2, -0.15) is 0 Å². The number of nitrogens with one attached hydrogen (secondary N) is 1. The Balaban J connectivity index is 1.70. The number of amides is 2. The Morgan fingerprint density at radius 3 is 2.81 bits per heavy atom. The van der Waals surface area contributed by atoms with Gasteiger partial charge < -0.3 is 15.3 Å². The summed E-state index contributed by atoms with van der Waals surface area (Å²) in [5.41, 5.74) is -1.67. The summed E-state index contributed by atoms with van der Waals surface area (Å²) < 4.78 is 27.3. The topological polar surface area (TPSA) is 82.5 Å². The molecular formula is C19H19F2N3O3. The third-order valence-corrected chi connectivity index (χ3v) is 4.53. The molecule has 1 saturated heterocycles. The number of carbonyl (C=O) groups excluding carboxylic acids is 2. The SMILES string of the molecule is O=C(NCc1ccccn1)C1(O)CCCN(Cc2cccc(F)c2F)C1=O. The van der Waals surface area contributed by atoms with Gasteiger partial charge in [0.2, 0.25) is 5.60 Å². The fourth-order valence-electron chi connectivity index (χ4n) is 3.05. The average Bonchev–Trinajstić information content (AvgIpc) is 2.68. The van der Waals surface area contributed by atoms with Crippen LogP contribution in [-0.4, -0.2) is 39.0 Å². The number of hydrogen-bond acceptors (Lipinski definition) is 4. The van der Waals surface area contributed by atoms with Gasteiger partial charge in [0, 0.05) is 24.8 Å². The molecule has 1 unspecified atom stereocenters. The van der Waals surface area contributed by atoms with Gasteiger partial charge in [-0.05, 0) is 31.0 Å². The number of halogens is 2. The third-order valence-electron chi connectivity index (χ3n) is 4.53. The van der Waals surface area contributed by atoms with Crippen molar-refractivity contribution in [1.29, 1.82) is 0 Å². The third kappa shape index (κ3) is 3.95. The predicted molar refractivity (Wildman–Crippen MR) is 92.0 cm³/mol. The smallest absolute Gasteiger partial charge is 0.264 e. The van der Waals surface area contributed by atoms with Crippen molar-refractivity contribution < 1.29 is 23.5 Å². The van der Waals surface area contributed by atoms with E-state index in [0.29, 0.717) is 12.1 Å². The minimum atomic E-state index is -2.24. The first-order valence-corrected chi connectivity index (χ1v) is 8.54. The lowest BCUT2D eigenvalue weighted by Gasteiger charge is -2.37. The van der Waals surface area contributed by atoms with E-state index in [2.05, 4.69) is 10.3 Å². The Labute approximate surface area is 154 Å². The number of rotatable bonds is 5. The molecule has 1 aromatic carbocycles. The van der Waals surface area contributed by atoms with Gasteiger partial charge in [-0.25, -0.2) is 8.78 Å². The minimum Gasteiger partial charge on any atom is -0.372 e. The van der Waals surface area contributed by atoms with E-state index in [9.17, 15) is 23.5 Å². The van der Waals surface area contributed by atoms with Crippen LogP contribution < -0.4 is 5.32 Å². The molecule has 2 N–H and O–H groups in total. The summed E-state index contributed by atoms with van der Waals surface area (Å²) in [5.74, 6) is -3.71. The number of pyridine rings is 1. The molecule has 27 heavy (non-hydrogen) atoms. The zero-order valence-corrected chi connectivity index (χ0v) is 14.5. The van der Waals surface area contributed by atoms with Crippen molar-refractivity contribution in [3.05, 3.63) is 65.5 Å². The lowest BCUT2D eigenvalue weighted by atomic mass is 9.90. The average molecular weight is 375 g/mol. The molecule has 2 amide bonds. The molecular weight excluding hydrogens is 356 g/mol. The van der Waals surface area contributed by atoms with Crippen LogP contribution in [0.15, 0.2) is 42.6 Å². The molecule has 1 fully saturated rings. The zero-order valence-electron chi connectivity index (χ0n) is 14.5. The van der Waals surface area contributed by atoms with E-state index >= 15 is 0 Å². The molecule has 0 spiro atoms. The molecule has 0 aliphatic carbocycles. The Morgan fingerprint density at radius 2 is 2.07 bits per heavy atom. The molecule has 3 rings (SSSR count). The number of benzene rings is 1. The highest BCUT2D eigenvalue weighted by Gasteiger charge is 2.48. The quantitative estimate of drug-likeness (QED) is 0.777. The van der Waals surface area contributed by atoms with Crippen LogP contribution in [0.3, 0.4) is 0 Å². The Bertz CT molecular complexity index is 847. The van der Waals surface area contributed by atoms with Gasteiger partial charge in [0.05, 0.1) is 12.2 Å². The highest BCUT2D eigenvalue weighted by molar-refractivity contribution is 6.08.